The van der Waals surface area contributed by atoms with Crippen LogP contribution in [0.25, 0.3) is 0 Å². The van der Waals surface area contributed by atoms with Crippen LogP contribution in [0.3, 0.4) is 0 Å². The van der Waals surface area contributed by atoms with E-state index in [-0.39, 0.29) is 17.5 Å². The number of rotatable bonds is 0. The van der Waals surface area contributed by atoms with Gasteiger partial charge in [-0.3, -0.25) is 0 Å². The number of aromatic amines is 2. The molecule has 6 N–H and O–H groups in total. The van der Waals surface area contributed by atoms with E-state index >= 15 is 0 Å². The number of H-pyrrole nitrogens is 2. The molecule has 0 aliphatic carbocycles. The summed E-state index contributed by atoms with van der Waals surface area (Å²) in [7, 11) is 0. The largest absolute Gasteiger partial charge is 0.370 e. The fourth-order valence-corrected chi connectivity index (χ4v) is 1.38. The average Bonchev–Trinajstić information content (AvgIpc) is 2.08. The Morgan fingerprint density at radius 2 is 2.21 bits per heavy atom. The van der Waals surface area contributed by atoms with Crippen LogP contribution in [0.1, 0.15) is 13.8 Å². The maximum absolute atomic E-state index is 11.5. The van der Waals surface area contributed by atoms with Crippen molar-refractivity contribution < 1.29 is 9.98 Å². The van der Waals surface area contributed by atoms with Crippen LogP contribution >= 0.6 is 0 Å². The monoisotopic (exact) mass is 195 g/mol. The Hall–Kier alpha value is -1.85. The summed E-state index contributed by atoms with van der Waals surface area (Å²) < 4.78 is 0. The van der Waals surface area contributed by atoms with Crippen molar-refractivity contribution in [1.82, 2.24) is 4.98 Å². The summed E-state index contributed by atoms with van der Waals surface area (Å²) in [6.45, 7) is 3.92. The van der Waals surface area contributed by atoms with Crippen LogP contribution in [0, 0.1) is 0 Å². The lowest BCUT2D eigenvalue weighted by Gasteiger charge is -2.11. The second-order valence-electron chi connectivity index (χ2n) is 3.42. The Morgan fingerprint density at radius 1 is 1.50 bits per heavy atom. The van der Waals surface area contributed by atoms with Gasteiger partial charge in [0.05, 0.1) is 0 Å². The highest BCUT2D eigenvalue weighted by atomic mass is 16.1. The van der Waals surface area contributed by atoms with Crippen molar-refractivity contribution in [2.75, 3.05) is 11.1 Å². The topological polar surface area (TPSA) is 99.0 Å². The third-order valence-electron chi connectivity index (χ3n) is 2.32. The normalized spacial score (nSPS) is 19.6. The zero-order valence-electron chi connectivity index (χ0n) is 8.06. The van der Waals surface area contributed by atoms with Crippen LogP contribution in [0.15, 0.2) is 4.79 Å². The molecule has 0 saturated carbocycles. The zero-order chi connectivity index (χ0) is 10.3. The lowest BCUT2D eigenvalue weighted by atomic mass is 10.2. The second-order valence-corrected chi connectivity index (χ2v) is 3.42. The molecule has 2 rings (SSSR count). The first kappa shape index (κ1) is 8.74. The Bertz CT molecular complexity index is 461. The van der Waals surface area contributed by atoms with E-state index in [2.05, 4.69) is 20.3 Å². The van der Waals surface area contributed by atoms with Gasteiger partial charge >= 0.3 is 17.2 Å². The number of nitrogens with one attached hydrogen (secondary N) is 4. The summed E-state index contributed by atoms with van der Waals surface area (Å²) >= 11 is 0. The van der Waals surface area contributed by atoms with Gasteiger partial charge < -0.3 is 11.1 Å². The molecule has 74 valence electrons. The van der Waals surface area contributed by atoms with E-state index in [1.54, 1.807) is 0 Å². The molecule has 6 nitrogen and oxygen atoms in total. The third-order valence-corrected chi connectivity index (χ3v) is 2.32. The minimum absolute atomic E-state index is 0.167. The Morgan fingerprint density at radius 3 is 2.93 bits per heavy atom. The van der Waals surface area contributed by atoms with E-state index in [1.165, 1.54) is 0 Å². The van der Waals surface area contributed by atoms with Crippen molar-refractivity contribution in [3.63, 3.8) is 0 Å². The summed E-state index contributed by atoms with van der Waals surface area (Å²) in [6.07, 6.45) is 0. The molecular formula is C8H13N5O+2. The van der Waals surface area contributed by atoms with Gasteiger partial charge in [0.2, 0.25) is 0 Å². The molecule has 6 heteroatoms. The smallest absolute Gasteiger partial charge is 0.310 e. The Labute approximate surface area is 80.3 Å². The Balaban J connectivity index is 2.66. The SMILES string of the molecule is CC1=[NH+]c2c([nH+]c(N)[nH]c2=O)NC1C. The highest BCUT2D eigenvalue weighted by Gasteiger charge is 2.28. The van der Waals surface area contributed by atoms with Crippen molar-refractivity contribution in [2.45, 2.75) is 19.9 Å². The van der Waals surface area contributed by atoms with Crippen molar-refractivity contribution in [3.8, 4) is 0 Å². The van der Waals surface area contributed by atoms with Crippen molar-refractivity contribution >= 4 is 23.2 Å². The molecule has 0 fully saturated rings. The van der Waals surface area contributed by atoms with Gasteiger partial charge in [-0.2, -0.15) is 4.99 Å². The predicted molar refractivity (Wildman–Crippen MR) is 52.4 cm³/mol. The molecule has 1 aromatic rings. The molecule has 0 saturated heterocycles. The molecule has 1 atom stereocenters. The maximum atomic E-state index is 11.5. The van der Waals surface area contributed by atoms with Crippen LogP contribution < -0.4 is 26.6 Å². The summed E-state index contributed by atoms with van der Waals surface area (Å²) in [5, 5.41) is 3.14. The molecule has 0 amide bonds. The molecule has 0 bridgehead atoms. The van der Waals surface area contributed by atoms with Crippen LogP contribution in [0.2, 0.25) is 0 Å². The van der Waals surface area contributed by atoms with Gasteiger partial charge in [0.1, 0.15) is 6.04 Å². The standard InChI is InChI=1S/C8H11N5O/c1-3-4(2)11-6-5(10-3)7(14)13-8(9)12-6/h4H,1-2H3,(H4,9,11,12,13,14)/p+2. The first-order valence-corrected chi connectivity index (χ1v) is 4.40. The van der Waals surface area contributed by atoms with Gasteiger partial charge in [0.25, 0.3) is 5.82 Å². The highest BCUT2D eigenvalue weighted by molar-refractivity contribution is 5.87. The quantitative estimate of drug-likeness (QED) is 0.376. The Kier molecular flexibility index (Phi) is 1.77. The minimum atomic E-state index is -0.227. The number of nitrogen functional groups attached to an aromatic ring is 1. The van der Waals surface area contributed by atoms with Crippen molar-refractivity contribution in [2.24, 2.45) is 0 Å². The van der Waals surface area contributed by atoms with Gasteiger partial charge in [0.15, 0.2) is 5.71 Å². The summed E-state index contributed by atoms with van der Waals surface area (Å²) in [5.74, 6) is 0.874. The molecule has 2 heterocycles. The fraction of sp³-hybridized carbons (Fsp3) is 0.375. The summed E-state index contributed by atoms with van der Waals surface area (Å²) in [6, 6.07) is 0.167. The molecule has 14 heavy (non-hydrogen) atoms. The predicted octanol–water partition coefficient (Wildman–Crippen LogP) is -2.24. The van der Waals surface area contributed by atoms with Crippen LogP contribution in [-0.2, 0) is 0 Å². The molecular weight excluding hydrogens is 182 g/mol. The lowest BCUT2D eigenvalue weighted by Crippen LogP contribution is -2.74. The fourth-order valence-electron chi connectivity index (χ4n) is 1.38. The number of hydrogen-bond acceptors (Lipinski definition) is 3. The van der Waals surface area contributed by atoms with E-state index in [4.69, 9.17) is 5.73 Å². The molecule has 0 spiro atoms. The highest BCUT2D eigenvalue weighted by Crippen LogP contribution is 2.08. The van der Waals surface area contributed by atoms with Gasteiger partial charge in [-0.25, -0.2) is 14.8 Å². The van der Waals surface area contributed by atoms with Crippen LogP contribution in [0.5, 0.6) is 0 Å². The van der Waals surface area contributed by atoms with E-state index < -0.39 is 0 Å². The van der Waals surface area contributed by atoms with E-state index in [1.807, 2.05) is 13.8 Å². The van der Waals surface area contributed by atoms with Gasteiger partial charge in [-0.05, 0) is 6.92 Å². The average molecular weight is 195 g/mol. The van der Waals surface area contributed by atoms with Crippen molar-refractivity contribution in [1.29, 1.82) is 0 Å². The zero-order valence-corrected chi connectivity index (χ0v) is 8.06. The van der Waals surface area contributed by atoms with Crippen LogP contribution in [-0.4, -0.2) is 16.7 Å². The van der Waals surface area contributed by atoms with Crippen molar-refractivity contribution in [3.05, 3.63) is 10.4 Å². The van der Waals surface area contributed by atoms with E-state index in [9.17, 15) is 4.79 Å². The number of anilines is 2. The first-order valence-electron chi connectivity index (χ1n) is 4.40. The molecule has 1 aliphatic heterocycles. The summed E-state index contributed by atoms with van der Waals surface area (Å²) in [5.41, 5.74) is 6.73. The molecule has 1 unspecified atom stereocenters. The van der Waals surface area contributed by atoms with Crippen LogP contribution in [0.4, 0.5) is 17.5 Å². The second kappa shape index (κ2) is 2.83. The maximum Gasteiger partial charge on any atom is 0.370 e. The molecule has 0 aromatic carbocycles. The van der Waals surface area contributed by atoms with Gasteiger partial charge in [-0.1, -0.05) is 0 Å². The minimum Gasteiger partial charge on any atom is -0.310 e. The summed E-state index contributed by atoms with van der Waals surface area (Å²) in [4.78, 5) is 19.8. The number of hydrogen-bond donors (Lipinski definition) is 4. The lowest BCUT2D eigenvalue weighted by molar-refractivity contribution is -0.395. The van der Waals surface area contributed by atoms with Gasteiger partial charge in [-0.15, -0.1) is 0 Å². The molecule has 0 radical (unpaired) electrons. The number of fused-ring (bicyclic) bond motifs is 1. The van der Waals surface area contributed by atoms with Gasteiger partial charge in [0, 0.05) is 6.92 Å². The van der Waals surface area contributed by atoms with E-state index in [0.717, 1.165) is 5.71 Å². The number of nitrogens with two attached hydrogens (primary N) is 1. The molecule has 1 aliphatic rings. The third kappa shape index (κ3) is 1.24. The first-order chi connectivity index (χ1) is 6.58. The molecule has 1 aromatic heterocycles. The number of aromatic nitrogens is 2. The van der Waals surface area contributed by atoms with E-state index in [0.29, 0.717) is 11.5 Å².